The van der Waals surface area contributed by atoms with Gasteiger partial charge in [0.15, 0.2) is 0 Å². The molecule has 6 nitrogen and oxygen atoms in total. The number of benzene rings is 2. The number of carbonyl (C=O) groups excluding carboxylic acids is 1. The third-order valence-electron chi connectivity index (χ3n) is 6.97. The third kappa shape index (κ3) is 5.11. The number of carbonyl (C=O) groups is 1. The van der Waals surface area contributed by atoms with Crippen molar-refractivity contribution in [2.24, 2.45) is 5.92 Å². The van der Waals surface area contributed by atoms with Gasteiger partial charge in [-0.15, -0.1) is 0 Å². The van der Waals surface area contributed by atoms with Crippen LogP contribution in [0.3, 0.4) is 0 Å². The molecule has 0 radical (unpaired) electrons. The molecule has 5 rings (SSSR count). The lowest BCUT2D eigenvalue weighted by molar-refractivity contribution is -0.118. The van der Waals surface area contributed by atoms with Crippen molar-refractivity contribution in [2.75, 3.05) is 11.9 Å². The highest BCUT2D eigenvalue weighted by Gasteiger charge is 2.25. The Morgan fingerprint density at radius 1 is 1.12 bits per heavy atom. The van der Waals surface area contributed by atoms with E-state index in [0.29, 0.717) is 25.3 Å². The molecule has 1 saturated carbocycles. The van der Waals surface area contributed by atoms with Crippen LogP contribution < -0.4 is 15.4 Å². The Bertz CT molecular complexity index is 1100. The molecule has 1 fully saturated rings. The molecule has 3 N–H and O–H groups in total. The van der Waals surface area contributed by atoms with Crippen molar-refractivity contribution in [3.63, 3.8) is 0 Å². The number of H-pyrrole nitrogens is 1. The molecule has 33 heavy (non-hydrogen) atoms. The molecule has 1 aliphatic carbocycles. The summed E-state index contributed by atoms with van der Waals surface area (Å²) in [5.74, 6) is 1.45. The van der Waals surface area contributed by atoms with Crippen LogP contribution in [0.25, 0.3) is 11.1 Å². The van der Waals surface area contributed by atoms with Crippen LogP contribution in [-0.2, 0) is 17.8 Å². The van der Waals surface area contributed by atoms with E-state index in [1.54, 1.807) is 6.20 Å². The minimum atomic E-state index is -0.265. The lowest BCUT2D eigenvalue weighted by atomic mass is 9.94. The van der Waals surface area contributed by atoms with E-state index in [9.17, 15) is 4.79 Å². The predicted molar refractivity (Wildman–Crippen MR) is 130 cm³/mol. The predicted octanol–water partition coefficient (Wildman–Crippen LogP) is 5.00. The number of rotatable bonds is 7. The number of hydrogen-bond donors (Lipinski definition) is 3. The van der Waals surface area contributed by atoms with Gasteiger partial charge in [-0.2, -0.15) is 5.10 Å². The van der Waals surface area contributed by atoms with Gasteiger partial charge in [-0.25, -0.2) is 0 Å². The van der Waals surface area contributed by atoms with E-state index >= 15 is 0 Å². The number of aromatic nitrogens is 2. The van der Waals surface area contributed by atoms with Gasteiger partial charge in [0.2, 0.25) is 5.91 Å². The molecule has 6 heteroatoms. The van der Waals surface area contributed by atoms with E-state index < -0.39 is 0 Å². The molecule has 0 unspecified atom stereocenters. The fourth-order valence-electron chi connectivity index (χ4n) is 5.02. The second kappa shape index (κ2) is 9.79. The highest BCUT2D eigenvalue weighted by Crippen LogP contribution is 2.33. The Morgan fingerprint density at radius 2 is 2.00 bits per heavy atom. The molecule has 3 aromatic rings. The van der Waals surface area contributed by atoms with Crippen LogP contribution in [0.1, 0.15) is 48.8 Å². The van der Waals surface area contributed by atoms with Crippen molar-refractivity contribution in [1.82, 2.24) is 15.5 Å². The van der Waals surface area contributed by atoms with Crippen molar-refractivity contribution in [3.8, 4) is 16.9 Å². The normalized spacial score (nSPS) is 18.2. The lowest BCUT2D eigenvalue weighted by Gasteiger charge is -2.26. The fourth-order valence-corrected chi connectivity index (χ4v) is 5.02. The van der Waals surface area contributed by atoms with Gasteiger partial charge in [-0.1, -0.05) is 55.5 Å². The van der Waals surface area contributed by atoms with Crippen molar-refractivity contribution >= 4 is 11.6 Å². The first-order valence-corrected chi connectivity index (χ1v) is 12.0. The van der Waals surface area contributed by atoms with Crippen LogP contribution in [0.5, 0.6) is 5.75 Å². The molecule has 1 aliphatic heterocycles. The summed E-state index contributed by atoms with van der Waals surface area (Å²) in [6, 6.07) is 12.1. The summed E-state index contributed by atoms with van der Waals surface area (Å²) in [6.07, 6.45) is 10.7. The van der Waals surface area contributed by atoms with E-state index in [1.807, 2.05) is 24.4 Å². The number of fused-ring (bicyclic) bond motifs is 1. The van der Waals surface area contributed by atoms with Gasteiger partial charge in [0, 0.05) is 18.3 Å². The first kappa shape index (κ1) is 21.7. The highest BCUT2D eigenvalue weighted by atomic mass is 16.5. The van der Waals surface area contributed by atoms with Gasteiger partial charge in [0.1, 0.15) is 5.75 Å². The Morgan fingerprint density at radius 3 is 2.82 bits per heavy atom. The number of aryl methyl sites for hydroxylation is 1. The average molecular weight is 445 g/mol. The summed E-state index contributed by atoms with van der Waals surface area (Å²) in [7, 11) is 0. The molecule has 1 aromatic heterocycles. The molecular formula is C27H32N4O2. The zero-order valence-electron chi connectivity index (χ0n) is 19.2. The number of ether oxygens (including phenoxy) is 1. The third-order valence-corrected chi connectivity index (χ3v) is 6.97. The van der Waals surface area contributed by atoms with Crippen LogP contribution in [0.4, 0.5) is 5.69 Å². The minimum absolute atomic E-state index is 0.0288. The zero-order chi connectivity index (χ0) is 22.6. The van der Waals surface area contributed by atoms with E-state index in [2.05, 4.69) is 46.0 Å². The van der Waals surface area contributed by atoms with Crippen molar-refractivity contribution < 1.29 is 9.53 Å². The van der Waals surface area contributed by atoms with Gasteiger partial charge in [0.25, 0.3) is 0 Å². The van der Waals surface area contributed by atoms with Gasteiger partial charge < -0.3 is 15.4 Å². The standard InChI is InChI=1S/C27H32N4O2/c1-18-6-7-21-15-28-25(13-22(21)12-18)27(32)31-24-9-8-20(23-16-29-30-17-23)14-26(24)33-11-10-19-4-2-3-5-19/h6-9,12,14,16-17,19,25,28H,2-5,10-11,13,15H2,1H3,(H,29,30)(H,31,32)/t25-/m1/s1. The van der Waals surface area contributed by atoms with Gasteiger partial charge >= 0.3 is 0 Å². The summed E-state index contributed by atoms with van der Waals surface area (Å²) in [5, 5.41) is 13.4. The fraction of sp³-hybridized carbons (Fsp3) is 0.407. The van der Waals surface area contributed by atoms with Crippen LogP contribution in [0.15, 0.2) is 48.8 Å². The average Bonchev–Trinajstić information content (AvgIpc) is 3.54. The minimum Gasteiger partial charge on any atom is -0.491 e. The largest absolute Gasteiger partial charge is 0.491 e. The van der Waals surface area contributed by atoms with Crippen molar-refractivity contribution in [2.45, 2.75) is 58.0 Å². The van der Waals surface area contributed by atoms with E-state index in [0.717, 1.165) is 29.2 Å². The Hall–Kier alpha value is -3.12. The number of amides is 1. The molecule has 2 aliphatic rings. The van der Waals surface area contributed by atoms with Crippen LogP contribution in [0, 0.1) is 12.8 Å². The van der Waals surface area contributed by atoms with E-state index in [4.69, 9.17) is 4.74 Å². The molecule has 0 bridgehead atoms. The smallest absolute Gasteiger partial charge is 0.241 e. The second-order valence-electron chi connectivity index (χ2n) is 9.38. The van der Waals surface area contributed by atoms with Crippen molar-refractivity contribution in [1.29, 1.82) is 0 Å². The molecular weight excluding hydrogens is 412 g/mol. The maximum atomic E-state index is 13.2. The summed E-state index contributed by atoms with van der Waals surface area (Å²) in [6.45, 7) is 3.46. The van der Waals surface area contributed by atoms with Gasteiger partial charge in [-0.05, 0) is 54.5 Å². The molecule has 2 heterocycles. The SMILES string of the molecule is Cc1ccc2c(c1)C[C@H](C(=O)Nc1ccc(-c3cn[nH]c3)cc1OCCC1CCCC1)NC2. The van der Waals surface area contributed by atoms with Crippen LogP contribution in [0.2, 0.25) is 0 Å². The number of nitrogens with zero attached hydrogens (tertiary/aromatic N) is 1. The Kier molecular flexibility index (Phi) is 6.44. The summed E-state index contributed by atoms with van der Waals surface area (Å²) in [4.78, 5) is 13.2. The molecule has 1 amide bonds. The molecule has 1 atom stereocenters. The van der Waals surface area contributed by atoms with Gasteiger partial charge in [-0.3, -0.25) is 9.89 Å². The quantitative estimate of drug-likeness (QED) is 0.479. The van der Waals surface area contributed by atoms with Gasteiger partial charge in [0.05, 0.1) is 24.5 Å². The second-order valence-corrected chi connectivity index (χ2v) is 9.38. The van der Waals surface area contributed by atoms with Crippen LogP contribution >= 0.6 is 0 Å². The number of aromatic amines is 1. The number of nitrogens with one attached hydrogen (secondary N) is 3. The monoisotopic (exact) mass is 444 g/mol. The molecule has 0 spiro atoms. The molecule has 0 saturated heterocycles. The molecule has 2 aromatic carbocycles. The molecule has 172 valence electrons. The number of anilines is 1. The summed E-state index contributed by atoms with van der Waals surface area (Å²) in [5.41, 5.74) is 6.47. The first-order chi connectivity index (χ1) is 16.2. The van der Waals surface area contributed by atoms with Crippen LogP contribution in [-0.4, -0.2) is 28.8 Å². The summed E-state index contributed by atoms with van der Waals surface area (Å²) >= 11 is 0. The highest BCUT2D eigenvalue weighted by molar-refractivity contribution is 5.96. The lowest BCUT2D eigenvalue weighted by Crippen LogP contribution is -2.44. The summed E-state index contributed by atoms with van der Waals surface area (Å²) < 4.78 is 6.23. The Balaban J connectivity index is 1.31. The zero-order valence-corrected chi connectivity index (χ0v) is 19.2. The maximum Gasteiger partial charge on any atom is 0.241 e. The first-order valence-electron chi connectivity index (χ1n) is 12.0. The van der Waals surface area contributed by atoms with Crippen molar-refractivity contribution in [3.05, 3.63) is 65.5 Å². The Labute approximate surface area is 195 Å². The topological polar surface area (TPSA) is 79.0 Å². The van der Waals surface area contributed by atoms with E-state index in [1.165, 1.54) is 42.4 Å². The van der Waals surface area contributed by atoms with E-state index in [-0.39, 0.29) is 11.9 Å². The maximum absolute atomic E-state index is 13.2. The number of hydrogen-bond acceptors (Lipinski definition) is 4.